The lowest BCUT2D eigenvalue weighted by Gasteiger charge is -2.19. The molecule has 0 bridgehead atoms. The van der Waals surface area contributed by atoms with Crippen LogP contribution in [-0.4, -0.2) is 30.8 Å². The average molecular weight is 432 g/mol. The molecule has 0 saturated heterocycles. The highest BCUT2D eigenvalue weighted by Crippen LogP contribution is 2.36. The molecule has 0 heterocycles. The predicted molar refractivity (Wildman–Crippen MR) is 107 cm³/mol. The van der Waals surface area contributed by atoms with Crippen molar-refractivity contribution in [1.29, 1.82) is 0 Å². The Morgan fingerprint density at radius 1 is 1.29 bits per heavy atom. The van der Waals surface area contributed by atoms with E-state index >= 15 is 0 Å². The van der Waals surface area contributed by atoms with Crippen molar-refractivity contribution in [2.24, 2.45) is 10.8 Å². The van der Waals surface area contributed by atoms with E-state index in [9.17, 15) is 18.0 Å². The summed E-state index contributed by atoms with van der Waals surface area (Å²) >= 11 is 6.66. The van der Waals surface area contributed by atoms with Crippen molar-refractivity contribution in [2.45, 2.75) is 11.1 Å². The fraction of sp³-hybridized carbons (Fsp3) is 0.176. The second-order valence-corrected chi connectivity index (χ2v) is 7.10. The minimum atomic E-state index is -4.62. The Bertz CT molecular complexity index is 878. The summed E-state index contributed by atoms with van der Waals surface area (Å²) < 4.78 is 40.1. The van der Waals surface area contributed by atoms with Gasteiger partial charge in [0.15, 0.2) is 0 Å². The number of halogens is 4. The van der Waals surface area contributed by atoms with Crippen molar-refractivity contribution >= 4 is 47.3 Å². The van der Waals surface area contributed by atoms with Gasteiger partial charge in [-0.25, -0.2) is 10.6 Å². The van der Waals surface area contributed by atoms with Gasteiger partial charge in [0.2, 0.25) is 0 Å². The van der Waals surface area contributed by atoms with Crippen LogP contribution in [0.2, 0.25) is 5.02 Å². The van der Waals surface area contributed by atoms with Crippen molar-refractivity contribution in [3.63, 3.8) is 0 Å². The maximum Gasteiger partial charge on any atom is 0.417 e. The highest BCUT2D eigenvalue weighted by molar-refractivity contribution is 7.97. The largest absolute Gasteiger partial charge is 0.417 e. The van der Waals surface area contributed by atoms with Crippen molar-refractivity contribution in [1.82, 2.24) is 4.31 Å². The number of nitrogens with one attached hydrogen (secondary N) is 1. The van der Waals surface area contributed by atoms with Gasteiger partial charge < -0.3 is 5.32 Å². The zero-order chi connectivity index (χ0) is 20.9. The Hall–Kier alpha value is -2.43. The first-order chi connectivity index (χ1) is 13.1. The number of nitrogens with zero attached hydrogens (tertiary/aromatic N) is 3. The van der Waals surface area contributed by atoms with Crippen molar-refractivity contribution in [3.8, 4) is 0 Å². The van der Waals surface area contributed by atoms with Crippen LogP contribution in [0.4, 0.5) is 29.3 Å². The maximum absolute atomic E-state index is 12.9. The van der Waals surface area contributed by atoms with Gasteiger partial charge in [-0.3, -0.25) is 14.3 Å². The van der Waals surface area contributed by atoms with E-state index in [2.05, 4.69) is 10.3 Å². The molecule has 0 aliphatic carbocycles. The number of nitrogens with two attached hydrogens (primary N) is 1. The molecule has 0 aliphatic heterocycles. The van der Waals surface area contributed by atoms with E-state index in [1.165, 1.54) is 28.8 Å². The molecule has 0 unspecified atom stereocenters. The number of hydrogen-bond donors (Lipinski definition) is 2. The van der Waals surface area contributed by atoms with Crippen molar-refractivity contribution in [3.05, 3.63) is 53.1 Å². The molecular formula is C17H17ClF3N5OS. The fourth-order valence-corrected chi connectivity index (χ4v) is 3.10. The van der Waals surface area contributed by atoms with Crippen molar-refractivity contribution < 1.29 is 18.0 Å². The number of amides is 2. The molecule has 28 heavy (non-hydrogen) atoms. The molecule has 0 radical (unpaired) electrons. The normalized spacial score (nSPS) is 11.5. The Kier molecular flexibility index (Phi) is 7.17. The second-order valence-electron chi connectivity index (χ2n) is 5.49. The highest BCUT2D eigenvalue weighted by atomic mass is 35.5. The Labute approximate surface area is 169 Å². The lowest BCUT2D eigenvalue weighted by molar-refractivity contribution is -0.137. The molecular weight excluding hydrogens is 415 g/mol. The summed E-state index contributed by atoms with van der Waals surface area (Å²) in [5, 5.41) is 3.29. The summed E-state index contributed by atoms with van der Waals surface area (Å²) in [6, 6.07) is 9.58. The summed E-state index contributed by atoms with van der Waals surface area (Å²) in [6.07, 6.45) is -3.19. The summed E-state index contributed by atoms with van der Waals surface area (Å²) in [7, 11) is 3.07. The van der Waals surface area contributed by atoms with Gasteiger partial charge in [0.1, 0.15) is 6.34 Å². The van der Waals surface area contributed by atoms with Crippen molar-refractivity contribution in [2.75, 3.05) is 24.4 Å². The number of benzene rings is 2. The molecule has 0 spiro atoms. The highest BCUT2D eigenvalue weighted by Gasteiger charge is 2.33. The average Bonchev–Trinajstić information content (AvgIpc) is 2.62. The molecule has 0 fully saturated rings. The number of hydrogen-bond acceptors (Lipinski definition) is 4. The van der Waals surface area contributed by atoms with E-state index < -0.39 is 22.8 Å². The van der Waals surface area contributed by atoms with Crippen LogP contribution in [0, 0.1) is 0 Å². The summed E-state index contributed by atoms with van der Waals surface area (Å²) in [6.45, 7) is 0. The molecule has 2 rings (SSSR count). The lowest BCUT2D eigenvalue weighted by atomic mass is 10.2. The SMILES string of the molecule is CN=CN(N)c1cccc(SN(C)C(=O)Nc2ccc(Cl)c(C(F)(F)F)c2)c1. The second kappa shape index (κ2) is 9.18. The minimum Gasteiger partial charge on any atom is -0.307 e. The third-order valence-electron chi connectivity index (χ3n) is 3.41. The first-order valence-electron chi connectivity index (χ1n) is 7.77. The van der Waals surface area contributed by atoms with Crippen LogP contribution in [0.15, 0.2) is 52.4 Å². The molecule has 150 valence electrons. The van der Waals surface area contributed by atoms with E-state index in [1.54, 1.807) is 31.3 Å². The van der Waals surface area contributed by atoms with Crippen LogP contribution < -0.4 is 16.2 Å². The molecule has 0 atom stereocenters. The van der Waals surface area contributed by atoms with Crippen LogP contribution in [0.5, 0.6) is 0 Å². The number of hydrazine groups is 1. The minimum absolute atomic E-state index is 0.0183. The molecule has 11 heteroatoms. The Balaban J connectivity index is 2.09. The number of urea groups is 1. The molecule has 2 aromatic rings. The molecule has 0 saturated carbocycles. The predicted octanol–water partition coefficient (Wildman–Crippen LogP) is 4.87. The van der Waals surface area contributed by atoms with Crippen LogP contribution >= 0.6 is 23.5 Å². The molecule has 0 aliphatic rings. The van der Waals surface area contributed by atoms with E-state index in [-0.39, 0.29) is 5.69 Å². The van der Waals surface area contributed by atoms with E-state index in [4.69, 9.17) is 17.4 Å². The summed E-state index contributed by atoms with van der Waals surface area (Å²) in [4.78, 5) is 16.8. The molecule has 2 amide bonds. The first-order valence-corrected chi connectivity index (χ1v) is 8.92. The van der Waals surface area contributed by atoms with Gasteiger partial charge in [0, 0.05) is 24.7 Å². The lowest BCUT2D eigenvalue weighted by Crippen LogP contribution is -2.29. The number of aliphatic imine (C=N–C) groups is 1. The van der Waals surface area contributed by atoms with E-state index in [0.29, 0.717) is 10.6 Å². The number of carbonyl (C=O) groups is 1. The smallest absolute Gasteiger partial charge is 0.307 e. The third-order valence-corrected chi connectivity index (χ3v) is 4.64. The number of alkyl halides is 3. The van der Waals surface area contributed by atoms with Gasteiger partial charge in [-0.2, -0.15) is 13.2 Å². The molecule has 6 nitrogen and oxygen atoms in total. The summed E-state index contributed by atoms with van der Waals surface area (Å²) in [5.41, 5.74) is -0.386. The van der Waals surface area contributed by atoms with Gasteiger partial charge in [-0.15, -0.1) is 0 Å². The third kappa shape index (κ3) is 5.78. The van der Waals surface area contributed by atoms with Crippen LogP contribution in [0.3, 0.4) is 0 Å². The van der Waals surface area contributed by atoms with Gasteiger partial charge >= 0.3 is 12.2 Å². The number of carbonyl (C=O) groups excluding carboxylic acids is 1. The zero-order valence-corrected chi connectivity index (χ0v) is 16.4. The number of rotatable bonds is 5. The van der Waals surface area contributed by atoms with Gasteiger partial charge in [-0.05, 0) is 48.3 Å². The first kappa shape index (κ1) is 21.9. The Morgan fingerprint density at radius 2 is 2.00 bits per heavy atom. The van der Waals surface area contributed by atoms with E-state index in [0.717, 1.165) is 24.1 Å². The standard InChI is InChI=1S/C17H17ClF3N5OS/c1-23-10-26(22)12-4-3-5-13(9-12)28-25(2)16(27)24-11-6-7-15(18)14(8-11)17(19,20)21/h3-10H,22H2,1-2H3,(H,24,27). The maximum atomic E-state index is 12.9. The fourth-order valence-electron chi connectivity index (χ4n) is 2.11. The number of anilines is 2. The van der Waals surface area contributed by atoms with Gasteiger partial charge in [-0.1, -0.05) is 17.7 Å². The van der Waals surface area contributed by atoms with Crippen LogP contribution in [0.1, 0.15) is 5.56 Å². The monoisotopic (exact) mass is 431 g/mol. The van der Waals surface area contributed by atoms with Crippen LogP contribution in [-0.2, 0) is 6.18 Å². The molecule has 2 aromatic carbocycles. The van der Waals surface area contributed by atoms with Gasteiger partial charge in [0.25, 0.3) is 0 Å². The zero-order valence-electron chi connectivity index (χ0n) is 14.9. The quantitative estimate of drug-likeness (QED) is 0.233. The van der Waals surface area contributed by atoms with E-state index in [1.807, 2.05) is 0 Å². The summed E-state index contributed by atoms with van der Waals surface area (Å²) in [5.74, 6) is 5.81. The van der Waals surface area contributed by atoms with Gasteiger partial charge in [0.05, 0.1) is 16.3 Å². The molecule has 3 N–H and O–H groups in total. The Morgan fingerprint density at radius 3 is 2.64 bits per heavy atom. The molecule has 0 aromatic heterocycles. The topological polar surface area (TPSA) is 74.0 Å². The van der Waals surface area contributed by atoms with Crippen LogP contribution in [0.25, 0.3) is 0 Å².